The van der Waals surface area contributed by atoms with Gasteiger partial charge < -0.3 is 19.7 Å². The molecule has 1 unspecified atom stereocenters. The first-order chi connectivity index (χ1) is 9.22. The van der Waals surface area contributed by atoms with Crippen LogP contribution in [0.15, 0.2) is 0 Å². The smallest absolute Gasteiger partial charge is 0.323 e. The number of nitrogens with zero attached hydrogens (tertiary/aromatic N) is 4. The van der Waals surface area contributed by atoms with Crippen LogP contribution in [-0.4, -0.2) is 53.9 Å². The van der Waals surface area contributed by atoms with Crippen LogP contribution in [-0.2, 0) is 4.74 Å². The van der Waals surface area contributed by atoms with Crippen molar-refractivity contribution in [1.29, 1.82) is 0 Å². The van der Waals surface area contributed by atoms with Gasteiger partial charge in [0.25, 0.3) is 0 Å². The second-order valence-corrected chi connectivity index (χ2v) is 4.33. The predicted molar refractivity (Wildman–Crippen MR) is 72.8 cm³/mol. The molecule has 1 aromatic rings. The molecular weight excluding hydrogens is 246 g/mol. The maximum Gasteiger partial charge on any atom is 0.323 e. The van der Waals surface area contributed by atoms with E-state index < -0.39 is 0 Å². The van der Waals surface area contributed by atoms with Crippen LogP contribution in [0.25, 0.3) is 0 Å². The quantitative estimate of drug-likeness (QED) is 0.850. The second-order valence-electron chi connectivity index (χ2n) is 4.33. The Hall–Kier alpha value is -1.63. The van der Waals surface area contributed by atoms with E-state index in [-0.39, 0.29) is 6.10 Å². The highest BCUT2D eigenvalue weighted by molar-refractivity contribution is 5.38. The highest BCUT2D eigenvalue weighted by Gasteiger charge is 2.20. The van der Waals surface area contributed by atoms with Crippen molar-refractivity contribution < 1.29 is 9.47 Å². The van der Waals surface area contributed by atoms with Gasteiger partial charge in [0.05, 0.1) is 19.3 Å². The first-order valence-corrected chi connectivity index (χ1v) is 6.72. The molecule has 1 aliphatic rings. The lowest BCUT2D eigenvalue weighted by Crippen LogP contribution is -2.42. The van der Waals surface area contributed by atoms with Crippen LogP contribution in [0.3, 0.4) is 0 Å². The molecular formula is C12H21N5O2. The Morgan fingerprint density at radius 2 is 2.21 bits per heavy atom. The van der Waals surface area contributed by atoms with Gasteiger partial charge in [-0.15, -0.1) is 0 Å². The van der Waals surface area contributed by atoms with E-state index in [1.54, 1.807) is 0 Å². The molecule has 1 N–H and O–H groups in total. The number of hydrogen-bond donors (Lipinski definition) is 1. The third kappa shape index (κ3) is 3.66. The largest absolute Gasteiger partial charge is 0.464 e. The number of rotatable bonds is 5. The molecule has 19 heavy (non-hydrogen) atoms. The number of anilines is 2. The third-order valence-electron chi connectivity index (χ3n) is 2.74. The molecule has 0 radical (unpaired) electrons. The average molecular weight is 267 g/mol. The zero-order valence-electron chi connectivity index (χ0n) is 11.7. The van der Waals surface area contributed by atoms with E-state index in [1.807, 2.05) is 20.8 Å². The van der Waals surface area contributed by atoms with Crippen LogP contribution in [0.2, 0.25) is 0 Å². The molecule has 1 atom stereocenters. The molecule has 2 rings (SSSR count). The fourth-order valence-corrected chi connectivity index (χ4v) is 1.92. The van der Waals surface area contributed by atoms with E-state index in [0.717, 1.165) is 19.6 Å². The highest BCUT2D eigenvalue weighted by atomic mass is 16.5. The van der Waals surface area contributed by atoms with Crippen LogP contribution < -0.4 is 15.0 Å². The average Bonchev–Trinajstić information content (AvgIpc) is 2.39. The van der Waals surface area contributed by atoms with E-state index in [4.69, 9.17) is 9.47 Å². The molecule has 1 fully saturated rings. The number of ether oxygens (including phenoxy) is 2. The van der Waals surface area contributed by atoms with Gasteiger partial charge in [0, 0.05) is 19.6 Å². The molecule has 1 aliphatic heterocycles. The van der Waals surface area contributed by atoms with Crippen LogP contribution in [0.1, 0.15) is 20.8 Å². The summed E-state index contributed by atoms with van der Waals surface area (Å²) in [6, 6.07) is 0.364. The Morgan fingerprint density at radius 3 is 2.89 bits per heavy atom. The number of nitrogens with one attached hydrogen (secondary N) is 1. The van der Waals surface area contributed by atoms with Crippen molar-refractivity contribution in [2.24, 2.45) is 0 Å². The molecule has 0 aliphatic carbocycles. The van der Waals surface area contributed by atoms with E-state index in [2.05, 4.69) is 25.2 Å². The summed E-state index contributed by atoms with van der Waals surface area (Å²) >= 11 is 0. The van der Waals surface area contributed by atoms with E-state index in [1.165, 1.54) is 0 Å². The van der Waals surface area contributed by atoms with Crippen molar-refractivity contribution in [3.8, 4) is 6.01 Å². The highest BCUT2D eigenvalue weighted by Crippen LogP contribution is 2.17. The first kappa shape index (κ1) is 13.8. The molecule has 0 aromatic carbocycles. The molecule has 7 heteroatoms. The Morgan fingerprint density at radius 1 is 1.37 bits per heavy atom. The van der Waals surface area contributed by atoms with Crippen molar-refractivity contribution in [3.05, 3.63) is 0 Å². The Labute approximate surface area is 113 Å². The molecule has 0 saturated carbocycles. The van der Waals surface area contributed by atoms with Gasteiger partial charge in [0.2, 0.25) is 11.9 Å². The molecule has 106 valence electrons. The number of aromatic nitrogens is 3. The van der Waals surface area contributed by atoms with E-state index >= 15 is 0 Å². The van der Waals surface area contributed by atoms with Gasteiger partial charge >= 0.3 is 6.01 Å². The molecule has 2 heterocycles. The third-order valence-corrected chi connectivity index (χ3v) is 2.74. The Bertz CT molecular complexity index is 391. The van der Waals surface area contributed by atoms with Crippen molar-refractivity contribution >= 4 is 11.9 Å². The fourth-order valence-electron chi connectivity index (χ4n) is 1.92. The zero-order chi connectivity index (χ0) is 13.7. The van der Waals surface area contributed by atoms with E-state index in [9.17, 15) is 0 Å². The maximum atomic E-state index is 5.53. The van der Waals surface area contributed by atoms with Crippen LogP contribution in [0.4, 0.5) is 11.9 Å². The molecule has 0 spiro atoms. The van der Waals surface area contributed by atoms with Gasteiger partial charge in [-0.2, -0.15) is 15.0 Å². The first-order valence-electron chi connectivity index (χ1n) is 6.72. The number of hydrogen-bond acceptors (Lipinski definition) is 7. The minimum absolute atomic E-state index is 0.184. The van der Waals surface area contributed by atoms with Crippen molar-refractivity contribution in [3.63, 3.8) is 0 Å². The SMILES string of the molecule is CCNc1nc(OCC)nc(N2CCOC(C)C2)n1. The minimum Gasteiger partial charge on any atom is -0.464 e. The molecule has 7 nitrogen and oxygen atoms in total. The summed E-state index contributed by atoms with van der Waals surface area (Å²) < 4.78 is 10.9. The lowest BCUT2D eigenvalue weighted by molar-refractivity contribution is 0.0525. The van der Waals surface area contributed by atoms with Gasteiger partial charge in [-0.3, -0.25) is 0 Å². The van der Waals surface area contributed by atoms with Gasteiger partial charge in [-0.25, -0.2) is 0 Å². The van der Waals surface area contributed by atoms with Crippen molar-refractivity contribution in [2.75, 3.05) is 43.1 Å². The summed E-state index contributed by atoms with van der Waals surface area (Å²) in [5.74, 6) is 1.19. The monoisotopic (exact) mass is 267 g/mol. The van der Waals surface area contributed by atoms with Crippen LogP contribution in [0, 0.1) is 0 Å². The standard InChI is InChI=1S/C12H21N5O2/c1-4-13-10-14-11(16-12(15-10)18-5-2)17-6-7-19-9(3)8-17/h9H,4-8H2,1-3H3,(H,13,14,15,16). The molecule has 0 bridgehead atoms. The molecule has 0 amide bonds. The lowest BCUT2D eigenvalue weighted by Gasteiger charge is -2.31. The van der Waals surface area contributed by atoms with Crippen molar-refractivity contribution in [1.82, 2.24) is 15.0 Å². The molecule has 1 saturated heterocycles. The molecule has 1 aromatic heterocycles. The van der Waals surface area contributed by atoms with Crippen LogP contribution in [0.5, 0.6) is 6.01 Å². The summed E-state index contributed by atoms with van der Waals surface area (Å²) in [6.45, 7) is 9.50. The second kappa shape index (κ2) is 6.51. The maximum absolute atomic E-state index is 5.53. The summed E-state index contributed by atoms with van der Waals surface area (Å²) in [5, 5.41) is 3.10. The normalized spacial score (nSPS) is 19.3. The Kier molecular flexibility index (Phi) is 4.73. The summed E-state index contributed by atoms with van der Waals surface area (Å²) in [7, 11) is 0. The summed E-state index contributed by atoms with van der Waals surface area (Å²) in [4.78, 5) is 15.1. The fraction of sp³-hybridized carbons (Fsp3) is 0.750. The van der Waals surface area contributed by atoms with Crippen LogP contribution >= 0.6 is 0 Å². The van der Waals surface area contributed by atoms with Gasteiger partial charge in [-0.05, 0) is 20.8 Å². The zero-order valence-corrected chi connectivity index (χ0v) is 11.7. The van der Waals surface area contributed by atoms with Gasteiger partial charge in [0.15, 0.2) is 0 Å². The Balaban J connectivity index is 2.21. The topological polar surface area (TPSA) is 72.4 Å². The number of morpholine rings is 1. The lowest BCUT2D eigenvalue weighted by atomic mass is 10.3. The van der Waals surface area contributed by atoms with E-state index in [0.29, 0.717) is 31.1 Å². The minimum atomic E-state index is 0.184. The predicted octanol–water partition coefficient (Wildman–Crippen LogP) is 0.927. The summed E-state index contributed by atoms with van der Waals surface area (Å²) in [5.41, 5.74) is 0. The summed E-state index contributed by atoms with van der Waals surface area (Å²) in [6.07, 6.45) is 0.184. The van der Waals surface area contributed by atoms with Gasteiger partial charge in [-0.1, -0.05) is 0 Å². The van der Waals surface area contributed by atoms with Gasteiger partial charge in [0.1, 0.15) is 0 Å². The van der Waals surface area contributed by atoms with Crippen molar-refractivity contribution in [2.45, 2.75) is 26.9 Å².